The first-order valence-electron chi connectivity index (χ1n) is 6.67. The number of hydrogen-bond donors (Lipinski definition) is 0. The zero-order valence-electron chi connectivity index (χ0n) is 11.0. The summed E-state index contributed by atoms with van der Waals surface area (Å²) in [7, 11) is 0. The lowest BCUT2D eigenvalue weighted by Crippen LogP contribution is -2.36. The topological polar surface area (TPSA) is 12.5 Å². The van der Waals surface area contributed by atoms with Crippen LogP contribution in [-0.2, 0) is 11.2 Å². The number of morpholine rings is 1. The van der Waals surface area contributed by atoms with Crippen LogP contribution in [-0.4, -0.2) is 26.3 Å². The lowest BCUT2D eigenvalue weighted by atomic mass is 10.0. The minimum atomic E-state index is 0.780. The molecular formula is C15H23NO. The summed E-state index contributed by atoms with van der Waals surface area (Å²) in [4.78, 5) is 2.42. The van der Waals surface area contributed by atoms with Crippen LogP contribution in [0.4, 0.5) is 5.69 Å². The molecule has 0 aliphatic carbocycles. The highest BCUT2D eigenvalue weighted by Crippen LogP contribution is 2.19. The van der Waals surface area contributed by atoms with E-state index < -0.39 is 0 Å². The fourth-order valence-electron chi connectivity index (χ4n) is 2.19. The van der Waals surface area contributed by atoms with E-state index in [-0.39, 0.29) is 0 Å². The van der Waals surface area contributed by atoms with Crippen LogP contribution in [0, 0.1) is 5.92 Å². The highest BCUT2D eigenvalue weighted by atomic mass is 16.5. The maximum Gasteiger partial charge on any atom is 0.0642 e. The van der Waals surface area contributed by atoms with Crippen molar-refractivity contribution >= 4 is 5.69 Å². The van der Waals surface area contributed by atoms with Crippen LogP contribution in [0.2, 0.25) is 0 Å². The van der Waals surface area contributed by atoms with Gasteiger partial charge in [-0.1, -0.05) is 26.0 Å². The van der Waals surface area contributed by atoms with Crippen molar-refractivity contribution in [2.24, 2.45) is 5.92 Å². The standard InChI is InChI=1S/C15H23NO/c1-13(2)6-7-14-4-3-5-15(12-14)16-8-10-17-11-9-16/h3-5,12-13H,6-11H2,1-2H3. The summed E-state index contributed by atoms with van der Waals surface area (Å²) in [6, 6.07) is 8.98. The van der Waals surface area contributed by atoms with Crippen LogP contribution in [0.25, 0.3) is 0 Å². The average Bonchev–Trinajstić information content (AvgIpc) is 2.38. The molecule has 1 aromatic carbocycles. The fourth-order valence-corrected chi connectivity index (χ4v) is 2.19. The summed E-state index contributed by atoms with van der Waals surface area (Å²) >= 11 is 0. The molecule has 94 valence electrons. The number of anilines is 1. The molecule has 1 aromatic rings. The van der Waals surface area contributed by atoms with Gasteiger partial charge in [0.15, 0.2) is 0 Å². The van der Waals surface area contributed by atoms with Crippen molar-refractivity contribution in [3.8, 4) is 0 Å². The van der Waals surface area contributed by atoms with Gasteiger partial charge in [0, 0.05) is 18.8 Å². The second-order valence-electron chi connectivity index (χ2n) is 5.20. The third-order valence-corrected chi connectivity index (χ3v) is 3.30. The molecule has 0 saturated carbocycles. The van der Waals surface area contributed by atoms with Crippen molar-refractivity contribution in [3.63, 3.8) is 0 Å². The van der Waals surface area contributed by atoms with Crippen molar-refractivity contribution in [2.75, 3.05) is 31.2 Å². The van der Waals surface area contributed by atoms with Crippen LogP contribution in [0.15, 0.2) is 24.3 Å². The predicted molar refractivity (Wildman–Crippen MR) is 72.6 cm³/mol. The Morgan fingerprint density at radius 1 is 1.24 bits per heavy atom. The van der Waals surface area contributed by atoms with E-state index in [4.69, 9.17) is 4.74 Å². The van der Waals surface area contributed by atoms with E-state index in [1.165, 1.54) is 24.1 Å². The Morgan fingerprint density at radius 2 is 2.00 bits per heavy atom. The lowest BCUT2D eigenvalue weighted by Gasteiger charge is -2.29. The van der Waals surface area contributed by atoms with E-state index >= 15 is 0 Å². The molecule has 2 rings (SSSR count). The molecule has 2 heteroatoms. The summed E-state index contributed by atoms with van der Waals surface area (Å²) in [5.41, 5.74) is 2.82. The summed E-state index contributed by atoms with van der Waals surface area (Å²) in [6.07, 6.45) is 2.46. The second-order valence-corrected chi connectivity index (χ2v) is 5.20. The van der Waals surface area contributed by atoms with E-state index in [0.717, 1.165) is 32.2 Å². The molecule has 1 aliphatic rings. The van der Waals surface area contributed by atoms with Crippen LogP contribution >= 0.6 is 0 Å². The molecule has 2 nitrogen and oxygen atoms in total. The molecule has 1 aliphatic heterocycles. The monoisotopic (exact) mass is 233 g/mol. The normalized spacial score (nSPS) is 16.5. The Kier molecular flexibility index (Phi) is 4.43. The van der Waals surface area contributed by atoms with Crippen LogP contribution in [0.1, 0.15) is 25.8 Å². The Hall–Kier alpha value is -1.02. The predicted octanol–water partition coefficient (Wildman–Crippen LogP) is 3.11. The molecule has 1 fully saturated rings. The molecule has 0 unspecified atom stereocenters. The molecular weight excluding hydrogens is 210 g/mol. The van der Waals surface area contributed by atoms with Gasteiger partial charge in [0.25, 0.3) is 0 Å². The molecule has 1 heterocycles. The third kappa shape index (κ3) is 3.74. The SMILES string of the molecule is CC(C)CCc1cccc(N2CCOCC2)c1. The summed E-state index contributed by atoms with van der Waals surface area (Å²) in [5.74, 6) is 0.780. The van der Waals surface area contributed by atoms with Crippen LogP contribution in [0.5, 0.6) is 0 Å². The molecule has 0 N–H and O–H groups in total. The fraction of sp³-hybridized carbons (Fsp3) is 0.600. The maximum atomic E-state index is 5.39. The van der Waals surface area contributed by atoms with Gasteiger partial charge in [-0.25, -0.2) is 0 Å². The van der Waals surface area contributed by atoms with E-state index in [1.54, 1.807) is 0 Å². The van der Waals surface area contributed by atoms with Crippen molar-refractivity contribution in [2.45, 2.75) is 26.7 Å². The van der Waals surface area contributed by atoms with Crippen LogP contribution in [0.3, 0.4) is 0 Å². The number of ether oxygens (including phenoxy) is 1. The molecule has 0 radical (unpaired) electrons. The number of aryl methyl sites for hydroxylation is 1. The van der Waals surface area contributed by atoms with Gasteiger partial charge in [-0.2, -0.15) is 0 Å². The molecule has 17 heavy (non-hydrogen) atoms. The quantitative estimate of drug-likeness (QED) is 0.792. The molecule has 1 saturated heterocycles. The molecule has 0 amide bonds. The zero-order chi connectivity index (χ0) is 12.1. The van der Waals surface area contributed by atoms with Gasteiger partial charge in [0.05, 0.1) is 13.2 Å². The Balaban J connectivity index is 2.00. The average molecular weight is 233 g/mol. The van der Waals surface area contributed by atoms with Crippen LogP contribution < -0.4 is 4.90 Å². The number of nitrogens with zero attached hydrogens (tertiary/aromatic N) is 1. The van der Waals surface area contributed by atoms with Gasteiger partial charge < -0.3 is 9.64 Å². The highest BCUT2D eigenvalue weighted by molar-refractivity contribution is 5.48. The van der Waals surface area contributed by atoms with E-state index in [9.17, 15) is 0 Å². The molecule has 0 spiro atoms. The lowest BCUT2D eigenvalue weighted by molar-refractivity contribution is 0.122. The first-order valence-corrected chi connectivity index (χ1v) is 6.67. The zero-order valence-corrected chi connectivity index (χ0v) is 11.0. The summed E-state index contributed by atoms with van der Waals surface area (Å²) in [5, 5.41) is 0. The second kappa shape index (κ2) is 6.06. The molecule has 0 bridgehead atoms. The van der Waals surface area contributed by atoms with Crippen molar-refractivity contribution in [3.05, 3.63) is 29.8 Å². The third-order valence-electron chi connectivity index (χ3n) is 3.30. The highest BCUT2D eigenvalue weighted by Gasteiger charge is 2.11. The summed E-state index contributed by atoms with van der Waals surface area (Å²) < 4.78 is 5.39. The number of benzene rings is 1. The maximum absolute atomic E-state index is 5.39. The van der Waals surface area contributed by atoms with Gasteiger partial charge in [0.1, 0.15) is 0 Å². The van der Waals surface area contributed by atoms with Gasteiger partial charge >= 0.3 is 0 Å². The Bertz CT molecular complexity index is 343. The Morgan fingerprint density at radius 3 is 2.71 bits per heavy atom. The van der Waals surface area contributed by atoms with E-state index in [2.05, 4.69) is 43.0 Å². The van der Waals surface area contributed by atoms with Crippen molar-refractivity contribution in [1.29, 1.82) is 0 Å². The van der Waals surface area contributed by atoms with Crippen molar-refractivity contribution < 1.29 is 4.74 Å². The Labute approximate surface area is 105 Å². The van der Waals surface area contributed by atoms with E-state index in [0.29, 0.717) is 0 Å². The number of rotatable bonds is 4. The smallest absolute Gasteiger partial charge is 0.0642 e. The minimum absolute atomic E-state index is 0.780. The number of hydrogen-bond acceptors (Lipinski definition) is 2. The van der Waals surface area contributed by atoms with Crippen molar-refractivity contribution in [1.82, 2.24) is 0 Å². The molecule has 0 atom stereocenters. The molecule has 0 aromatic heterocycles. The summed E-state index contributed by atoms with van der Waals surface area (Å²) in [6.45, 7) is 8.32. The van der Waals surface area contributed by atoms with Gasteiger partial charge in [-0.15, -0.1) is 0 Å². The first-order chi connectivity index (χ1) is 8.25. The van der Waals surface area contributed by atoms with E-state index in [1.807, 2.05) is 0 Å². The van der Waals surface area contributed by atoms with Gasteiger partial charge in [-0.3, -0.25) is 0 Å². The van der Waals surface area contributed by atoms with Gasteiger partial charge in [-0.05, 0) is 36.5 Å². The van der Waals surface area contributed by atoms with Gasteiger partial charge in [0.2, 0.25) is 0 Å². The largest absolute Gasteiger partial charge is 0.378 e. The minimum Gasteiger partial charge on any atom is -0.378 e. The first kappa shape index (κ1) is 12.4.